The Balaban J connectivity index is 2.17. The molecule has 6 heteroatoms. The van der Waals surface area contributed by atoms with E-state index in [4.69, 9.17) is 0 Å². The van der Waals surface area contributed by atoms with Gasteiger partial charge in [0.1, 0.15) is 0 Å². The molecule has 1 amide bonds. The number of carbonyl (C=O) groups is 1. The van der Waals surface area contributed by atoms with Crippen LogP contribution in [0.2, 0.25) is 0 Å². The van der Waals surface area contributed by atoms with Gasteiger partial charge in [-0.15, -0.1) is 10.2 Å². The van der Waals surface area contributed by atoms with Crippen LogP contribution in [0.4, 0.5) is 5.82 Å². The van der Waals surface area contributed by atoms with E-state index in [0.717, 1.165) is 13.0 Å². The van der Waals surface area contributed by atoms with Gasteiger partial charge in [0, 0.05) is 13.6 Å². The van der Waals surface area contributed by atoms with Crippen molar-refractivity contribution < 1.29 is 9.90 Å². The summed E-state index contributed by atoms with van der Waals surface area (Å²) in [6.45, 7) is 3.09. The average molecular weight is 250 g/mol. The lowest BCUT2D eigenvalue weighted by molar-refractivity contribution is 0.0957. The second-order valence-electron chi connectivity index (χ2n) is 4.57. The molecule has 6 nitrogen and oxygen atoms in total. The van der Waals surface area contributed by atoms with Crippen LogP contribution in [0.1, 0.15) is 23.8 Å². The Morgan fingerprint density at radius 1 is 1.56 bits per heavy atom. The molecule has 2 atom stereocenters. The molecule has 1 aromatic heterocycles. The van der Waals surface area contributed by atoms with E-state index in [0.29, 0.717) is 17.4 Å². The van der Waals surface area contributed by atoms with Crippen LogP contribution >= 0.6 is 0 Å². The first-order valence-corrected chi connectivity index (χ1v) is 6.10. The number of amides is 1. The van der Waals surface area contributed by atoms with Crippen LogP contribution in [0.3, 0.4) is 0 Å². The number of aliphatic hydroxyl groups is 1. The number of hydrogen-bond donors (Lipinski definition) is 2. The highest BCUT2D eigenvalue weighted by molar-refractivity contribution is 5.91. The maximum Gasteiger partial charge on any atom is 0.271 e. The zero-order valence-corrected chi connectivity index (χ0v) is 10.6. The summed E-state index contributed by atoms with van der Waals surface area (Å²) in [4.78, 5) is 13.4. The predicted molar refractivity (Wildman–Crippen MR) is 67.4 cm³/mol. The molecule has 2 unspecified atom stereocenters. The van der Waals surface area contributed by atoms with Gasteiger partial charge < -0.3 is 15.3 Å². The van der Waals surface area contributed by atoms with Crippen LogP contribution < -0.4 is 10.2 Å². The van der Waals surface area contributed by atoms with Crippen molar-refractivity contribution >= 4 is 11.7 Å². The SMILES string of the molecule is CNC(=O)c1ccc(N2CCC(C)C2CO)nn1. The van der Waals surface area contributed by atoms with Gasteiger partial charge in [0.15, 0.2) is 11.5 Å². The highest BCUT2D eigenvalue weighted by Gasteiger charge is 2.31. The van der Waals surface area contributed by atoms with Crippen LogP contribution in [0.5, 0.6) is 0 Å². The standard InChI is InChI=1S/C12H18N4O2/c1-8-5-6-16(10(8)7-17)11-4-3-9(14-15-11)12(18)13-2/h3-4,8,10,17H,5-7H2,1-2H3,(H,13,18). The maximum atomic E-state index is 11.4. The molecular formula is C12H18N4O2. The van der Waals surface area contributed by atoms with Crippen molar-refractivity contribution in [3.05, 3.63) is 17.8 Å². The maximum absolute atomic E-state index is 11.4. The zero-order chi connectivity index (χ0) is 13.1. The Morgan fingerprint density at radius 3 is 2.89 bits per heavy atom. The number of aliphatic hydroxyl groups excluding tert-OH is 1. The van der Waals surface area contributed by atoms with E-state index in [1.165, 1.54) is 0 Å². The van der Waals surface area contributed by atoms with Gasteiger partial charge in [0.05, 0.1) is 12.6 Å². The Morgan fingerprint density at radius 2 is 2.33 bits per heavy atom. The van der Waals surface area contributed by atoms with Gasteiger partial charge in [0.2, 0.25) is 0 Å². The Labute approximate surface area is 106 Å². The van der Waals surface area contributed by atoms with E-state index >= 15 is 0 Å². The van der Waals surface area contributed by atoms with E-state index < -0.39 is 0 Å². The van der Waals surface area contributed by atoms with Gasteiger partial charge >= 0.3 is 0 Å². The molecule has 0 radical (unpaired) electrons. The second-order valence-corrected chi connectivity index (χ2v) is 4.57. The van der Waals surface area contributed by atoms with Gasteiger partial charge in [-0.3, -0.25) is 4.79 Å². The van der Waals surface area contributed by atoms with Crippen molar-refractivity contribution in [3.8, 4) is 0 Å². The lowest BCUT2D eigenvalue weighted by Crippen LogP contribution is -2.36. The van der Waals surface area contributed by atoms with Crippen LogP contribution in [-0.2, 0) is 0 Å². The number of rotatable bonds is 3. The zero-order valence-electron chi connectivity index (χ0n) is 10.6. The third-order valence-electron chi connectivity index (χ3n) is 3.47. The van der Waals surface area contributed by atoms with E-state index in [2.05, 4.69) is 22.4 Å². The number of hydrogen-bond acceptors (Lipinski definition) is 5. The van der Waals surface area contributed by atoms with Crippen LogP contribution in [0.15, 0.2) is 12.1 Å². The minimum absolute atomic E-state index is 0.0881. The van der Waals surface area contributed by atoms with Crippen molar-refractivity contribution in [1.82, 2.24) is 15.5 Å². The number of carbonyl (C=O) groups excluding carboxylic acids is 1. The van der Waals surface area contributed by atoms with Gasteiger partial charge in [-0.25, -0.2) is 0 Å². The first kappa shape index (κ1) is 12.8. The summed E-state index contributed by atoms with van der Waals surface area (Å²) in [7, 11) is 1.56. The minimum Gasteiger partial charge on any atom is -0.394 e. The quantitative estimate of drug-likeness (QED) is 0.792. The summed E-state index contributed by atoms with van der Waals surface area (Å²) in [5.74, 6) is 0.906. The first-order chi connectivity index (χ1) is 8.67. The highest BCUT2D eigenvalue weighted by Crippen LogP contribution is 2.27. The molecule has 2 N–H and O–H groups in total. The fraction of sp³-hybridized carbons (Fsp3) is 0.583. The van der Waals surface area contributed by atoms with Gasteiger partial charge in [-0.05, 0) is 24.5 Å². The molecule has 0 aromatic carbocycles. The molecule has 1 aliphatic rings. The van der Waals surface area contributed by atoms with Gasteiger partial charge in [-0.2, -0.15) is 0 Å². The van der Waals surface area contributed by atoms with Crippen LogP contribution in [0, 0.1) is 5.92 Å². The molecule has 98 valence electrons. The molecule has 1 fully saturated rings. The third-order valence-corrected chi connectivity index (χ3v) is 3.47. The average Bonchev–Trinajstić information content (AvgIpc) is 2.79. The molecule has 0 aliphatic carbocycles. The molecule has 0 saturated carbocycles. The molecule has 1 aromatic rings. The largest absolute Gasteiger partial charge is 0.394 e. The molecule has 0 bridgehead atoms. The normalized spacial score (nSPS) is 23.2. The van der Waals surface area contributed by atoms with Gasteiger partial charge in [0.25, 0.3) is 5.91 Å². The molecular weight excluding hydrogens is 232 g/mol. The summed E-state index contributed by atoms with van der Waals surface area (Å²) >= 11 is 0. The van der Waals surface area contributed by atoms with Crippen LogP contribution in [-0.4, -0.2) is 47.5 Å². The molecule has 2 rings (SSSR count). The third kappa shape index (κ3) is 2.28. The number of anilines is 1. The lowest BCUT2D eigenvalue weighted by atomic mass is 10.0. The Bertz CT molecular complexity index is 421. The summed E-state index contributed by atoms with van der Waals surface area (Å²) in [5.41, 5.74) is 0.300. The second kappa shape index (κ2) is 5.30. The van der Waals surface area contributed by atoms with E-state index in [9.17, 15) is 9.90 Å². The molecule has 2 heterocycles. The predicted octanol–water partition coefficient (Wildman–Crippen LogP) is 0.0433. The Kier molecular flexibility index (Phi) is 3.76. The smallest absolute Gasteiger partial charge is 0.271 e. The van der Waals surface area contributed by atoms with Crippen molar-refractivity contribution in [2.24, 2.45) is 5.92 Å². The monoisotopic (exact) mass is 250 g/mol. The summed E-state index contributed by atoms with van der Waals surface area (Å²) in [6.07, 6.45) is 1.03. The fourth-order valence-corrected chi connectivity index (χ4v) is 2.30. The van der Waals surface area contributed by atoms with Crippen molar-refractivity contribution in [2.45, 2.75) is 19.4 Å². The lowest BCUT2D eigenvalue weighted by Gasteiger charge is -2.25. The first-order valence-electron chi connectivity index (χ1n) is 6.10. The Hall–Kier alpha value is -1.69. The van der Waals surface area contributed by atoms with Crippen molar-refractivity contribution in [2.75, 3.05) is 25.1 Å². The molecule has 18 heavy (non-hydrogen) atoms. The highest BCUT2D eigenvalue weighted by atomic mass is 16.3. The number of nitrogens with zero attached hydrogens (tertiary/aromatic N) is 3. The molecule has 1 aliphatic heterocycles. The van der Waals surface area contributed by atoms with E-state index in [1.54, 1.807) is 19.2 Å². The topological polar surface area (TPSA) is 78.4 Å². The summed E-state index contributed by atoms with van der Waals surface area (Å²) in [6, 6.07) is 3.52. The van der Waals surface area contributed by atoms with E-state index in [1.807, 2.05) is 4.90 Å². The van der Waals surface area contributed by atoms with Crippen molar-refractivity contribution in [1.29, 1.82) is 0 Å². The van der Waals surface area contributed by atoms with Crippen LogP contribution in [0.25, 0.3) is 0 Å². The minimum atomic E-state index is -0.248. The fourth-order valence-electron chi connectivity index (χ4n) is 2.30. The number of aromatic nitrogens is 2. The van der Waals surface area contributed by atoms with Gasteiger partial charge in [-0.1, -0.05) is 6.92 Å². The molecule has 0 spiro atoms. The summed E-state index contributed by atoms with van der Waals surface area (Å²) < 4.78 is 0. The summed E-state index contributed by atoms with van der Waals surface area (Å²) in [5, 5.41) is 19.9. The number of nitrogens with one attached hydrogen (secondary N) is 1. The van der Waals surface area contributed by atoms with E-state index in [-0.39, 0.29) is 18.6 Å². The molecule has 1 saturated heterocycles. The van der Waals surface area contributed by atoms with Crippen molar-refractivity contribution in [3.63, 3.8) is 0 Å².